The van der Waals surface area contributed by atoms with Gasteiger partial charge in [0.15, 0.2) is 28.9 Å². The molecule has 26 nitrogen and oxygen atoms in total. The number of benzene rings is 1. The Labute approximate surface area is 481 Å². The number of likely N-dealkylation sites (tertiary alicyclic amines) is 2. The minimum absolute atomic E-state index is 0.0168. The van der Waals surface area contributed by atoms with Gasteiger partial charge in [-0.3, -0.25) is 73.6 Å². The molecule has 1 aromatic carbocycles. The summed E-state index contributed by atoms with van der Waals surface area (Å²) in [7, 11) is 1.65. The quantitative estimate of drug-likeness (QED) is 0.0149. The van der Waals surface area contributed by atoms with Gasteiger partial charge in [0.1, 0.15) is 12.1 Å². The van der Waals surface area contributed by atoms with Crippen LogP contribution in [0, 0.1) is 0 Å². The second-order valence-electron chi connectivity index (χ2n) is 20.1. The third-order valence-corrected chi connectivity index (χ3v) is 15.0. The number of hydrogen-bond acceptors (Lipinski definition) is 22. The maximum atomic E-state index is 14.6. The number of ketones is 7. The van der Waals surface area contributed by atoms with E-state index in [2.05, 4.69) is 87.7 Å². The summed E-state index contributed by atoms with van der Waals surface area (Å²) < 4.78 is 0. The van der Waals surface area contributed by atoms with E-state index in [9.17, 15) is 52.7 Å². The molecule has 0 unspecified atom stereocenters. The van der Waals surface area contributed by atoms with Crippen LogP contribution in [0.15, 0.2) is 55.4 Å². The normalized spacial score (nSPS) is 17.9. The van der Waals surface area contributed by atoms with Crippen molar-refractivity contribution in [3.8, 4) is 0 Å². The van der Waals surface area contributed by atoms with Crippen molar-refractivity contribution in [2.45, 2.75) is 120 Å². The van der Waals surface area contributed by atoms with E-state index < -0.39 is 126 Å². The van der Waals surface area contributed by atoms with Gasteiger partial charge in [0, 0.05) is 56.5 Å². The van der Waals surface area contributed by atoms with E-state index in [4.69, 9.17) is 5.73 Å². The Morgan fingerprint density at radius 1 is 0.667 bits per heavy atom. The zero-order valence-corrected chi connectivity index (χ0v) is 47.7. The van der Waals surface area contributed by atoms with Crippen LogP contribution in [0.4, 0.5) is 0 Å². The van der Waals surface area contributed by atoms with Gasteiger partial charge < -0.3 is 47.2 Å². The van der Waals surface area contributed by atoms with Gasteiger partial charge in [-0.2, -0.15) is 25.3 Å². The van der Waals surface area contributed by atoms with E-state index in [1.807, 2.05) is 30.3 Å². The maximum absolute atomic E-state index is 14.6. The lowest BCUT2D eigenvalue weighted by molar-refractivity contribution is -0.141. The Hall–Kier alpha value is -6.37. The summed E-state index contributed by atoms with van der Waals surface area (Å²) >= 11 is 8.39. The van der Waals surface area contributed by atoms with Gasteiger partial charge in [0.2, 0.25) is 35.2 Å². The standard InChI is InChI=1S/C53H77N15O11S2/c1-31(55-3)45(71)24-60-40(26-80)49(75)50(76)42-11-7-13-67(42)30-63-32(2)46(72)25-59-39(15-33-9-5-4-6-10-33)53(79)68-14-8-12-43(68)52(78)66-37(16-34-20-57-28-61-34)44(70)18-36(69)22-56-23-47(73)38(17-35-21-58-29-62-35)65-51(77)41(27-81)64-48(74)19-54/h4-6,9-10,20-21,28-29,31-32,37-43,55-56,59-60,63,80-81H,7-8,11-19,22-27,30,54H2,1-3H3,(H,57,61)(H,58,62)(H,64,74)(H,65,77)(H,66,78)/t31-,32-,37-,38-,39-,40-,41-,42-,43-/m0/s1. The molecule has 5 rings (SSSR count). The smallest absolute Gasteiger partial charge is 0.244 e. The van der Waals surface area contributed by atoms with Gasteiger partial charge in [-0.05, 0) is 58.6 Å². The van der Waals surface area contributed by atoms with Crippen LogP contribution in [0.3, 0.4) is 0 Å². The van der Waals surface area contributed by atoms with Crippen LogP contribution in [-0.4, -0.2) is 219 Å². The van der Waals surface area contributed by atoms with Crippen LogP contribution >= 0.6 is 25.3 Å². The summed E-state index contributed by atoms with van der Waals surface area (Å²) in [6.45, 7) is 2.65. The van der Waals surface area contributed by atoms with Gasteiger partial charge in [-0.1, -0.05) is 30.3 Å². The highest BCUT2D eigenvalue weighted by molar-refractivity contribution is 7.80. The molecule has 442 valence electrons. The van der Waals surface area contributed by atoms with Gasteiger partial charge in [-0.15, -0.1) is 0 Å². The van der Waals surface area contributed by atoms with Crippen molar-refractivity contribution >= 4 is 89.4 Å². The first kappa shape index (κ1) is 65.4. The predicted molar refractivity (Wildman–Crippen MR) is 304 cm³/mol. The predicted octanol–water partition coefficient (Wildman–Crippen LogP) is -3.69. The molecule has 0 aliphatic carbocycles. The molecule has 4 heterocycles. The lowest BCUT2D eigenvalue weighted by atomic mass is 10.0. The van der Waals surface area contributed by atoms with Gasteiger partial charge in [0.05, 0.1) is 105 Å². The average Bonchev–Trinajstić information content (AvgIpc) is 4.34. The van der Waals surface area contributed by atoms with Crippen molar-refractivity contribution in [2.24, 2.45) is 5.73 Å². The molecule has 2 aliphatic rings. The molecule has 0 saturated carbocycles. The van der Waals surface area contributed by atoms with E-state index in [-0.39, 0.29) is 81.6 Å². The average molecular weight is 1160 g/mol. The minimum Gasteiger partial charge on any atom is -0.351 e. The summed E-state index contributed by atoms with van der Waals surface area (Å²) in [6, 6.07) is 0.857. The van der Waals surface area contributed by atoms with Gasteiger partial charge in [0.25, 0.3) is 0 Å². The zero-order valence-electron chi connectivity index (χ0n) is 45.9. The van der Waals surface area contributed by atoms with Crippen molar-refractivity contribution in [1.82, 2.24) is 72.3 Å². The second kappa shape index (κ2) is 33.5. The fourth-order valence-corrected chi connectivity index (χ4v) is 9.85. The third kappa shape index (κ3) is 20.2. The first-order chi connectivity index (χ1) is 38.9. The van der Waals surface area contributed by atoms with Crippen LogP contribution in [0.1, 0.15) is 62.9 Å². The van der Waals surface area contributed by atoms with Crippen molar-refractivity contribution in [2.75, 3.05) is 71.0 Å². The summed E-state index contributed by atoms with van der Waals surface area (Å²) in [5.74, 6) is -5.94. The van der Waals surface area contributed by atoms with E-state index in [1.54, 1.807) is 38.2 Å². The number of H-pyrrole nitrogens is 2. The minimum atomic E-state index is -1.24. The number of Topliss-reactive ketones (excluding diaryl/α,β-unsaturated/α-hetero) is 7. The Kier molecular flexibility index (Phi) is 27.1. The highest BCUT2D eigenvalue weighted by Gasteiger charge is 2.40. The Morgan fingerprint density at radius 2 is 1.27 bits per heavy atom. The number of amides is 4. The number of carbonyl (C=O) groups excluding carboxylic acids is 11. The van der Waals surface area contributed by atoms with E-state index >= 15 is 0 Å². The van der Waals surface area contributed by atoms with Crippen molar-refractivity contribution in [3.05, 3.63) is 72.3 Å². The fourth-order valence-electron chi connectivity index (χ4n) is 9.30. The fraction of sp³-hybridized carbons (Fsp3) is 0.566. The molecule has 81 heavy (non-hydrogen) atoms. The monoisotopic (exact) mass is 1160 g/mol. The number of likely N-dealkylation sites (N-methyl/N-ethyl adjacent to an activating group) is 1. The molecule has 4 amide bonds. The summed E-state index contributed by atoms with van der Waals surface area (Å²) in [4.78, 5) is 164. The number of rotatable bonds is 38. The molecule has 9 atom stereocenters. The zero-order chi connectivity index (χ0) is 59.0. The van der Waals surface area contributed by atoms with Crippen LogP contribution in [-0.2, 0) is 72.0 Å². The number of aromatic nitrogens is 4. The lowest BCUT2D eigenvalue weighted by Crippen LogP contribution is -2.56. The van der Waals surface area contributed by atoms with Crippen LogP contribution in [0.2, 0.25) is 0 Å². The topological polar surface area (TPSA) is 374 Å². The molecule has 2 aromatic heterocycles. The molecule has 0 spiro atoms. The van der Waals surface area contributed by atoms with Crippen LogP contribution < -0.4 is 48.3 Å². The van der Waals surface area contributed by atoms with E-state index in [0.717, 1.165) is 5.56 Å². The third-order valence-electron chi connectivity index (χ3n) is 14.2. The number of aromatic amines is 2. The van der Waals surface area contributed by atoms with E-state index in [1.165, 1.54) is 17.6 Å². The first-order valence-electron chi connectivity index (χ1n) is 27.0. The number of imidazole rings is 2. The lowest BCUT2D eigenvalue weighted by Gasteiger charge is -2.30. The largest absolute Gasteiger partial charge is 0.351 e. The Balaban J connectivity index is 1.18. The number of hydrogen-bond donors (Lipinski definition) is 13. The molecule has 2 saturated heterocycles. The summed E-state index contributed by atoms with van der Waals surface area (Å²) in [5.41, 5.74) is 7.03. The summed E-state index contributed by atoms with van der Waals surface area (Å²) in [6.07, 6.45) is 7.11. The first-order valence-corrected chi connectivity index (χ1v) is 28.3. The highest BCUT2D eigenvalue weighted by Crippen LogP contribution is 2.22. The van der Waals surface area contributed by atoms with Crippen LogP contribution in [0.25, 0.3) is 0 Å². The molecule has 2 aliphatic heterocycles. The number of nitrogens with one attached hydrogen (secondary N) is 10. The number of carbonyl (C=O) groups is 11. The second-order valence-corrected chi connectivity index (χ2v) is 20.8. The molecular formula is C53H77N15O11S2. The number of thiol groups is 2. The molecule has 3 aromatic rings. The number of nitrogens with zero attached hydrogens (tertiary/aromatic N) is 4. The maximum Gasteiger partial charge on any atom is 0.244 e. The molecule has 0 radical (unpaired) electrons. The molecule has 28 heteroatoms. The van der Waals surface area contributed by atoms with Crippen molar-refractivity contribution in [3.63, 3.8) is 0 Å². The number of nitrogens with two attached hydrogens (primary N) is 1. The van der Waals surface area contributed by atoms with E-state index in [0.29, 0.717) is 37.2 Å². The SMILES string of the molecule is CN[C@@H](C)C(=O)CN[C@@H](CS)C(=O)C(=O)[C@@H]1CCCN1CN[C@@H](C)C(=O)CN[C@@H](Cc1ccccc1)C(=O)N1CCC[C@H]1C(=O)N[C@@H](Cc1c[nH]cn1)C(=O)CC(=O)CNCC(=O)[C@H](Cc1c[nH]cn1)NC(=O)[C@H](CS)NC(=O)CN. The van der Waals surface area contributed by atoms with Crippen molar-refractivity contribution in [1.29, 1.82) is 0 Å². The van der Waals surface area contributed by atoms with Crippen LogP contribution in [0.5, 0.6) is 0 Å². The Morgan fingerprint density at radius 3 is 1.88 bits per heavy atom. The summed E-state index contributed by atoms with van der Waals surface area (Å²) in [5, 5.41) is 22.6. The molecule has 2 fully saturated rings. The molecular weight excluding hydrogens is 1090 g/mol. The Bertz CT molecular complexity index is 2610. The van der Waals surface area contributed by atoms with Gasteiger partial charge >= 0.3 is 0 Å². The molecule has 12 N–H and O–H groups in total. The van der Waals surface area contributed by atoms with Gasteiger partial charge in [-0.25, -0.2) is 9.97 Å². The molecule has 0 bridgehead atoms. The van der Waals surface area contributed by atoms with Crippen molar-refractivity contribution < 1.29 is 52.7 Å². The highest BCUT2D eigenvalue weighted by atomic mass is 32.1.